The number of para-hydroxylation sites is 1. The largest absolute Gasteiger partial charge is 0.398 e. The van der Waals surface area contributed by atoms with E-state index >= 15 is 0 Å². The van der Waals surface area contributed by atoms with Gasteiger partial charge in [0.15, 0.2) is 0 Å². The molecule has 0 radical (unpaired) electrons. The van der Waals surface area contributed by atoms with Crippen LogP contribution in [-0.2, 0) is 6.54 Å². The summed E-state index contributed by atoms with van der Waals surface area (Å²) in [6.07, 6.45) is 3.77. The number of nitrogen functional groups attached to an aromatic ring is 1. The maximum Gasteiger partial charge on any atom is 0.0726 e. The first-order valence-electron chi connectivity index (χ1n) is 6.33. The molecule has 0 fully saturated rings. The van der Waals surface area contributed by atoms with Crippen LogP contribution >= 0.6 is 0 Å². The summed E-state index contributed by atoms with van der Waals surface area (Å²) in [6.45, 7) is 9.90. The molecular weight excluding hydrogens is 234 g/mol. The average molecular weight is 253 g/mol. The van der Waals surface area contributed by atoms with Gasteiger partial charge in [-0.1, -0.05) is 30.4 Å². The predicted molar refractivity (Wildman–Crippen MR) is 81.8 cm³/mol. The van der Waals surface area contributed by atoms with Gasteiger partial charge in [-0.3, -0.25) is 9.88 Å². The Bertz CT molecular complexity index is 580. The molecule has 0 saturated heterocycles. The van der Waals surface area contributed by atoms with E-state index in [9.17, 15) is 0 Å². The van der Waals surface area contributed by atoms with Crippen molar-refractivity contribution >= 4 is 16.6 Å². The third-order valence-electron chi connectivity index (χ3n) is 2.96. The van der Waals surface area contributed by atoms with Gasteiger partial charge < -0.3 is 5.73 Å². The molecule has 0 bridgehead atoms. The number of nitrogens with two attached hydrogens (primary N) is 1. The Morgan fingerprint density at radius 2 is 1.84 bits per heavy atom. The molecular formula is C16H19N3. The van der Waals surface area contributed by atoms with Crippen LogP contribution in [0.4, 0.5) is 5.69 Å². The summed E-state index contributed by atoms with van der Waals surface area (Å²) in [5.41, 5.74) is 8.77. The lowest BCUT2D eigenvalue weighted by Crippen LogP contribution is -2.23. The maximum absolute atomic E-state index is 6.08. The van der Waals surface area contributed by atoms with E-state index in [-0.39, 0.29) is 0 Å². The van der Waals surface area contributed by atoms with Crippen LogP contribution in [0.1, 0.15) is 5.69 Å². The van der Waals surface area contributed by atoms with E-state index in [4.69, 9.17) is 5.73 Å². The molecule has 0 amide bonds. The minimum Gasteiger partial charge on any atom is -0.398 e. The molecule has 3 heteroatoms. The lowest BCUT2D eigenvalue weighted by molar-refractivity contribution is 0.324. The van der Waals surface area contributed by atoms with Gasteiger partial charge in [-0.05, 0) is 12.1 Å². The zero-order valence-corrected chi connectivity index (χ0v) is 11.0. The number of rotatable bonds is 6. The Kier molecular flexibility index (Phi) is 4.31. The third kappa shape index (κ3) is 3.20. The highest BCUT2D eigenvalue weighted by atomic mass is 15.1. The fourth-order valence-corrected chi connectivity index (χ4v) is 2.14. The van der Waals surface area contributed by atoms with Gasteiger partial charge in [0.2, 0.25) is 0 Å². The minimum atomic E-state index is 0.743. The van der Waals surface area contributed by atoms with Gasteiger partial charge in [0.25, 0.3) is 0 Å². The predicted octanol–water partition coefficient (Wildman–Crippen LogP) is 2.99. The number of hydrogen-bond acceptors (Lipinski definition) is 3. The topological polar surface area (TPSA) is 42.1 Å². The standard InChI is InChI=1S/C16H19N3/c1-3-9-19(10-4-2)12-13-11-15(17)14-7-5-6-8-16(14)18-13/h3-8,11H,1-2,9-10,12H2,(H2,17,18). The molecule has 0 aliphatic rings. The van der Waals surface area contributed by atoms with Crippen LogP contribution in [0.25, 0.3) is 10.9 Å². The summed E-state index contributed by atoms with van der Waals surface area (Å²) in [6, 6.07) is 9.88. The Morgan fingerprint density at radius 3 is 2.53 bits per heavy atom. The van der Waals surface area contributed by atoms with Crippen molar-refractivity contribution in [3.8, 4) is 0 Å². The van der Waals surface area contributed by atoms with Gasteiger partial charge in [0, 0.05) is 30.7 Å². The molecule has 19 heavy (non-hydrogen) atoms. The van der Waals surface area contributed by atoms with Crippen molar-refractivity contribution in [1.82, 2.24) is 9.88 Å². The molecule has 2 rings (SSSR count). The maximum atomic E-state index is 6.08. The van der Waals surface area contributed by atoms with Gasteiger partial charge >= 0.3 is 0 Å². The number of fused-ring (bicyclic) bond motifs is 1. The third-order valence-corrected chi connectivity index (χ3v) is 2.96. The molecule has 0 saturated carbocycles. The van der Waals surface area contributed by atoms with E-state index in [0.29, 0.717) is 0 Å². The number of benzene rings is 1. The molecule has 0 unspecified atom stereocenters. The molecule has 0 atom stereocenters. The Balaban J connectivity index is 2.29. The number of aromatic nitrogens is 1. The summed E-state index contributed by atoms with van der Waals surface area (Å²) in [4.78, 5) is 6.86. The molecule has 2 aromatic rings. The smallest absolute Gasteiger partial charge is 0.0726 e. The van der Waals surface area contributed by atoms with Crippen LogP contribution in [0, 0.1) is 0 Å². The van der Waals surface area contributed by atoms with Gasteiger partial charge in [-0.25, -0.2) is 0 Å². The number of hydrogen-bond donors (Lipinski definition) is 1. The van der Waals surface area contributed by atoms with Crippen molar-refractivity contribution in [3.63, 3.8) is 0 Å². The summed E-state index contributed by atoms with van der Waals surface area (Å²) < 4.78 is 0. The SMILES string of the molecule is C=CCN(CC=C)Cc1cc(N)c2ccccc2n1. The van der Waals surface area contributed by atoms with Gasteiger partial charge in [0.05, 0.1) is 11.2 Å². The fourth-order valence-electron chi connectivity index (χ4n) is 2.14. The van der Waals surface area contributed by atoms with Crippen LogP contribution in [0.2, 0.25) is 0 Å². The van der Waals surface area contributed by atoms with Crippen LogP contribution in [0.3, 0.4) is 0 Å². The van der Waals surface area contributed by atoms with Gasteiger partial charge in [0.1, 0.15) is 0 Å². The van der Waals surface area contributed by atoms with E-state index in [1.165, 1.54) is 0 Å². The van der Waals surface area contributed by atoms with Crippen LogP contribution < -0.4 is 5.73 Å². The highest BCUT2D eigenvalue weighted by Gasteiger charge is 2.07. The van der Waals surface area contributed by atoms with Crippen molar-refractivity contribution in [2.24, 2.45) is 0 Å². The molecule has 98 valence electrons. The van der Waals surface area contributed by atoms with Crippen molar-refractivity contribution in [2.75, 3.05) is 18.8 Å². The van der Waals surface area contributed by atoms with Crippen molar-refractivity contribution in [2.45, 2.75) is 6.54 Å². The van der Waals surface area contributed by atoms with Crippen molar-refractivity contribution < 1.29 is 0 Å². The van der Waals surface area contributed by atoms with Crippen LogP contribution in [0.5, 0.6) is 0 Å². The molecule has 3 nitrogen and oxygen atoms in total. The summed E-state index contributed by atoms with van der Waals surface area (Å²) in [7, 11) is 0. The first-order valence-corrected chi connectivity index (χ1v) is 6.33. The number of nitrogens with zero attached hydrogens (tertiary/aromatic N) is 2. The number of pyridine rings is 1. The molecule has 2 N–H and O–H groups in total. The van der Waals surface area contributed by atoms with E-state index in [1.807, 2.05) is 42.5 Å². The summed E-state index contributed by atoms with van der Waals surface area (Å²) in [5, 5.41) is 1.00. The van der Waals surface area contributed by atoms with Crippen LogP contribution in [-0.4, -0.2) is 23.0 Å². The van der Waals surface area contributed by atoms with Crippen molar-refractivity contribution in [1.29, 1.82) is 0 Å². The molecule has 0 spiro atoms. The normalized spacial score (nSPS) is 10.8. The van der Waals surface area contributed by atoms with E-state index in [0.717, 1.165) is 41.9 Å². The Hall–Kier alpha value is -2.13. The van der Waals surface area contributed by atoms with Crippen LogP contribution in [0.15, 0.2) is 55.6 Å². The number of anilines is 1. The van der Waals surface area contributed by atoms with E-state index in [1.54, 1.807) is 0 Å². The average Bonchev–Trinajstić information content (AvgIpc) is 2.39. The second-order valence-corrected chi connectivity index (χ2v) is 4.49. The molecule has 0 aliphatic heterocycles. The van der Waals surface area contributed by atoms with E-state index < -0.39 is 0 Å². The highest BCUT2D eigenvalue weighted by molar-refractivity contribution is 5.90. The Morgan fingerprint density at radius 1 is 1.16 bits per heavy atom. The molecule has 0 aliphatic carbocycles. The second kappa shape index (κ2) is 6.16. The highest BCUT2D eigenvalue weighted by Crippen LogP contribution is 2.20. The minimum absolute atomic E-state index is 0.743. The Labute approximate surface area is 114 Å². The summed E-state index contributed by atoms with van der Waals surface area (Å²) in [5.74, 6) is 0. The van der Waals surface area contributed by atoms with Crippen molar-refractivity contribution in [3.05, 3.63) is 61.3 Å². The molecule has 1 aromatic heterocycles. The second-order valence-electron chi connectivity index (χ2n) is 4.49. The molecule has 1 heterocycles. The van der Waals surface area contributed by atoms with E-state index in [2.05, 4.69) is 23.0 Å². The zero-order valence-electron chi connectivity index (χ0n) is 11.0. The zero-order chi connectivity index (χ0) is 13.7. The first-order chi connectivity index (χ1) is 9.24. The molecule has 1 aromatic carbocycles. The first kappa shape index (κ1) is 13.3. The van der Waals surface area contributed by atoms with Gasteiger partial charge in [-0.2, -0.15) is 0 Å². The quantitative estimate of drug-likeness (QED) is 0.805. The lowest BCUT2D eigenvalue weighted by Gasteiger charge is -2.18. The monoisotopic (exact) mass is 253 g/mol. The lowest BCUT2D eigenvalue weighted by atomic mass is 10.1. The van der Waals surface area contributed by atoms with Gasteiger partial charge in [-0.15, -0.1) is 13.2 Å². The fraction of sp³-hybridized carbons (Fsp3) is 0.188. The summed E-state index contributed by atoms with van der Waals surface area (Å²) >= 11 is 0.